The van der Waals surface area contributed by atoms with Gasteiger partial charge in [0.15, 0.2) is 13.1 Å². The Bertz CT molecular complexity index is 1260. The molecule has 4 aliphatic carbocycles. The Hall–Kier alpha value is -2.89. The zero-order chi connectivity index (χ0) is 25.6. The van der Waals surface area contributed by atoms with E-state index in [1.165, 1.54) is 56.6 Å². The minimum absolute atomic E-state index is 0.171. The number of ether oxygens (including phenoxy) is 4. The Balaban J connectivity index is 1.38. The summed E-state index contributed by atoms with van der Waals surface area (Å²) in [7, 11) is 3.05. The number of fused-ring (bicyclic) bond motifs is 1. The van der Waals surface area contributed by atoms with Gasteiger partial charge in [-0.05, 0) is 121 Å². The van der Waals surface area contributed by atoms with Crippen molar-refractivity contribution in [2.75, 3.05) is 21.0 Å². The van der Waals surface area contributed by atoms with Gasteiger partial charge in [-0.1, -0.05) is 24.3 Å². The predicted octanol–water partition coefficient (Wildman–Crippen LogP) is 7.11. The summed E-state index contributed by atoms with van der Waals surface area (Å²) in [5.74, 6) is 3.17. The van der Waals surface area contributed by atoms with Crippen molar-refractivity contribution in [3.8, 4) is 16.9 Å². The largest absolute Gasteiger partial charge is 0.467 e. The Morgan fingerprint density at radius 2 is 1.51 bits per heavy atom. The first-order valence-electron chi connectivity index (χ1n) is 13.5. The molecule has 3 aromatic carbocycles. The van der Waals surface area contributed by atoms with Crippen molar-refractivity contribution in [1.82, 2.24) is 0 Å². The smallest absolute Gasteiger partial charge is 0.337 e. The van der Waals surface area contributed by atoms with Crippen LogP contribution in [0.2, 0.25) is 0 Å². The van der Waals surface area contributed by atoms with Crippen LogP contribution in [0.1, 0.15) is 61.4 Å². The molecule has 4 bridgehead atoms. The maximum atomic E-state index is 11.8. The van der Waals surface area contributed by atoms with Crippen LogP contribution in [0.15, 0.2) is 54.6 Å². The zero-order valence-electron chi connectivity index (χ0n) is 22.0. The van der Waals surface area contributed by atoms with Gasteiger partial charge in [0, 0.05) is 12.7 Å². The number of hydrogen-bond donors (Lipinski definition) is 0. The number of benzene rings is 3. The van der Waals surface area contributed by atoms with Crippen LogP contribution in [0, 0.1) is 17.8 Å². The van der Waals surface area contributed by atoms with Gasteiger partial charge in [0.2, 0.25) is 0 Å². The highest BCUT2D eigenvalue weighted by atomic mass is 16.7. The molecule has 194 valence electrons. The topological polar surface area (TPSA) is 54.0 Å². The van der Waals surface area contributed by atoms with E-state index in [0.29, 0.717) is 5.56 Å². The second-order valence-electron chi connectivity index (χ2n) is 11.4. The highest BCUT2D eigenvalue weighted by Crippen LogP contribution is 2.62. The quantitative estimate of drug-likeness (QED) is 0.244. The van der Waals surface area contributed by atoms with Crippen LogP contribution in [-0.4, -0.2) is 33.3 Å². The summed E-state index contributed by atoms with van der Waals surface area (Å²) >= 11 is 0. The molecule has 5 heteroatoms. The third-order valence-corrected chi connectivity index (χ3v) is 9.04. The first-order valence-corrected chi connectivity index (χ1v) is 13.5. The van der Waals surface area contributed by atoms with Crippen molar-refractivity contribution >= 4 is 16.7 Å². The van der Waals surface area contributed by atoms with E-state index in [1.54, 1.807) is 7.11 Å². The molecule has 3 aromatic rings. The molecule has 5 nitrogen and oxygen atoms in total. The van der Waals surface area contributed by atoms with Crippen molar-refractivity contribution in [3.05, 3.63) is 65.7 Å². The molecule has 0 aromatic heterocycles. The van der Waals surface area contributed by atoms with Gasteiger partial charge in [-0.25, -0.2) is 4.79 Å². The monoisotopic (exact) mass is 500 g/mol. The Morgan fingerprint density at radius 3 is 2.14 bits per heavy atom. The average Bonchev–Trinajstić information content (AvgIpc) is 2.91. The molecule has 0 amide bonds. The molecule has 0 radical (unpaired) electrons. The van der Waals surface area contributed by atoms with Gasteiger partial charge >= 0.3 is 5.97 Å². The van der Waals surface area contributed by atoms with Crippen LogP contribution in [0.3, 0.4) is 0 Å². The lowest BCUT2D eigenvalue weighted by Crippen LogP contribution is -2.48. The lowest BCUT2D eigenvalue weighted by atomic mass is 9.48. The predicted molar refractivity (Wildman–Crippen MR) is 144 cm³/mol. The highest BCUT2D eigenvalue weighted by Gasteiger charge is 2.52. The van der Waals surface area contributed by atoms with Gasteiger partial charge in [0.05, 0.1) is 12.7 Å². The molecule has 4 fully saturated rings. The van der Waals surface area contributed by atoms with E-state index in [2.05, 4.69) is 30.3 Å². The lowest BCUT2D eigenvalue weighted by Gasteiger charge is -2.57. The molecule has 1 atom stereocenters. The summed E-state index contributed by atoms with van der Waals surface area (Å²) in [5, 5.41) is 2.37. The summed E-state index contributed by atoms with van der Waals surface area (Å²) in [6, 6.07) is 18.8. The van der Waals surface area contributed by atoms with Gasteiger partial charge in [-0.15, -0.1) is 0 Å². The first-order chi connectivity index (χ1) is 18.0. The van der Waals surface area contributed by atoms with Crippen LogP contribution >= 0.6 is 0 Å². The highest BCUT2D eigenvalue weighted by molar-refractivity contribution is 5.92. The van der Waals surface area contributed by atoms with Crippen molar-refractivity contribution < 1.29 is 23.7 Å². The summed E-state index contributed by atoms with van der Waals surface area (Å²) in [6.07, 6.45) is 7.72. The van der Waals surface area contributed by atoms with E-state index >= 15 is 0 Å². The van der Waals surface area contributed by atoms with E-state index in [4.69, 9.17) is 18.9 Å². The SMILES string of the molecule is COC(=O)c1ccc(-c2ccc3cc(OCOC(C)OC)c(C45CC6CC(CC(C6)C4)C5)cc3c2)cc1. The third kappa shape index (κ3) is 4.64. The third-order valence-electron chi connectivity index (χ3n) is 9.04. The number of methoxy groups -OCH3 is 2. The fraction of sp³-hybridized carbons (Fsp3) is 0.469. The molecule has 0 spiro atoms. The lowest BCUT2D eigenvalue weighted by molar-refractivity contribution is -0.150. The van der Waals surface area contributed by atoms with E-state index in [0.717, 1.165) is 40.0 Å². The number of rotatable bonds is 8. The fourth-order valence-corrected chi connectivity index (χ4v) is 7.61. The minimum Gasteiger partial charge on any atom is -0.467 e. The number of hydrogen-bond acceptors (Lipinski definition) is 5. The maximum Gasteiger partial charge on any atom is 0.337 e. The molecule has 0 saturated heterocycles. The van der Waals surface area contributed by atoms with Crippen LogP contribution in [-0.2, 0) is 19.6 Å². The normalized spacial score (nSPS) is 26.8. The van der Waals surface area contributed by atoms with Crippen LogP contribution < -0.4 is 4.74 Å². The second-order valence-corrected chi connectivity index (χ2v) is 11.4. The molecule has 4 aliphatic rings. The molecule has 0 aliphatic heterocycles. The van der Waals surface area contributed by atoms with Crippen molar-refractivity contribution in [1.29, 1.82) is 0 Å². The molecule has 4 saturated carbocycles. The molecule has 1 unspecified atom stereocenters. The minimum atomic E-state index is -0.318. The van der Waals surface area contributed by atoms with Gasteiger partial charge in [-0.2, -0.15) is 0 Å². The van der Waals surface area contributed by atoms with Crippen LogP contribution in [0.5, 0.6) is 5.75 Å². The molecular weight excluding hydrogens is 464 g/mol. The van der Waals surface area contributed by atoms with Crippen molar-refractivity contribution in [3.63, 3.8) is 0 Å². The summed E-state index contributed by atoms with van der Waals surface area (Å²) in [5.41, 5.74) is 4.32. The van der Waals surface area contributed by atoms with Crippen LogP contribution in [0.4, 0.5) is 0 Å². The van der Waals surface area contributed by atoms with Gasteiger partial charge < -0.3 is 18.9 Å². The standard InChI is InChI=1S/C32H36O5/c1-20(34-2)36-19-37-30-15-27-9-8-26(24-4-6-25(7-5-24)31(33)35-3)13-28(27)14-29(30)32-16-21-10-22(17-32)12-23(11-21)18-32/h4-9,13-15,20-23H,10-12,16-19H2,1-3H3. The van der Waals surface area contributed by atoms with Crippen molar-refractivity contribution in [2.24, 2.45) is 17.8 Å². The second kappa shape index (κ2) is 9.77. The van der Waals surface area contributed by atoms with Gasteiger partial charge in [0.1, 0.15) is 5.75 Å². The van der Waals surface area contributed by atoms with E-state index in [9.17, 15) is 4.79 Å². The molecule has 0 heterocycles. The summed E-state index contributed by atoms with van der Waals surface area (Å²) in [4.78, 5) is 11.8. The summed E-state index contributed by atoms with van der Waals surface area (Å²) in [6.45, 7) is 2.05. The zero-order valence-corrected chi connectivity index (χ0v) is 22.0. The van der Waals surface area contributed by atoms with Crippen LogP contribution in [0.25, 0.3) is 21.9 Å². The molecule has 0 N–H and O–H groups in total. The van der Waals surface area contributed by atoms with E-state index in [-0.39, 0.29) is 24.5 Å². The molecular formula is C32H36O5. The fourth-order valence-electron chi connectivity index (χ4n) is 7.61. The first kappa shape index (κ1) is 24.4. The van der Waals surface area contributed by atoms with Gasteiger partial charge in [-0.3, -0.25) is 0 Å². The van der Waals surface area contributed by atoms with Gasteiger partial charge in [0.25, 0.3) is 0 Å². The number of carbonyl (C=O) groups excluding carboxylic acids is 1. The maximum absolute atomic E-state index is 11.8. The van der Waals surface area contributed by atoms with E-state index < -0.39 is 0 Å². The van der Waals surface area contributed by atoms with Crippen molar-refractivity contribution in [2.45, 2.75) is 57.2 Å². The number of carbonyl (C=O) groups is 1. The van der Waals surface area contributed by atoms with E-state index in [1.807, 2.05) is 31.2 Å². The summed E-state index contributed by atoms with van der Waals surface area (Å²) < 4.78 is 22.1. The molecule has 37 heavy (non-hydrogen) atoms. The molecule has 7 rings (SSSR count). The Morgan fingerprint density at radius 1 is 0.865 bits per heavy atom. The average molecular weight is 501 g/mol. The Labute approximate surface area is 219 Å². The number of esters is 1. The Kier molecular flexibility index (Phi) is 6.46.